The Labute approximate surface area is 111 Å². The molecule has 1 aliphatic carbocycles. The van der Waals surface area contributed by atoms with Gasteiger partial charge in [0.15, 0.2) is 11.6 Å². The van der Waals surface area contributed by atoms with Crippen LogP contribution in [0, 0.1) is 0 Å². The average molecular weight is 251 g/mol. The van der Waals surface area contributed by atoms with E-state index >= 15 is 0 Å². The zero-order valence-corrected chi connectivity index (χ0v) is 10.5. The molecule has 1 atom stereocenters. The van der Waals surface area contributed by atoms with Crippen molar-refractivity contribution in [2.24, 2.45) is 5.73 Å². The lowest BCUT2D eigenvalue weighted by Crippen LogP contribution is -2.24. The highest BCUT2D eigenvalue weighted by Crippen LogP contribution is 2.31. The van der Waals surface area contributed by atoms with E-state index in [4.69, 9.17) is 5.73 Å². The standard InChI is InChI=1S/C16H13NO2/c1-9(17)10-7-4-8-13-14(10)16(19)12-6-3-2-5-11(12)15(13)18/h2-9H,17H2,1H3. The van der Waals surface area contributed by atoms with Gasteiger partial charge >= 0.3 is 0 Å². The van der Waals surface area contributed by atoms with E-state index in [2.05, 4.69) is 0 Å². The minimum absolute atomic E-state index is 0.104. The number of hydrogen-bond acceptors (Lipinski definition) is 3. The molecule has 1 unspecified atom stereocenters. The maximum atomic E-state index is 12.6. The van der Waals surface area contributed by atoms with Crippen molar-refractivity contribution < 1.29 is 9.59 Å². The van der Waals surface area contributed by atoms with Crippen molar-refractivity contribution in [1.82, 2.24) is 0 Å². The van der Waals surface area contributed by atoms with Crippen LogP contribution in [0.4, 0.5) is 0 Å². The van der Waals surface area contributed by atoms with Crippen LogP contribution in [-0.4, -0.2) is 11.6 Å². The quantitative estimate of drug-likeness (QED) is 0.722. The fourth-order valence-corrected chi connectivity index (χ4v) is 2.55. The Morgan fingerprint density at radius 2 is 1.42 bits per heavy atom. The number of carbonyl (C=O) groups excluding carboxylic acids is 2. The monoisotopic (exact) mass is 251 g/mol. The van der Waals surface area contributed by atoms with E-state index in [0.29, 0.717) is 22.3 Å². The normalized spacial score (nSPS) is 14.8. The average Bonchev–Trinajstić information content (AvgIpc) is 2.44. The van der Waals surface area contributed by atoms with E-state index in [-0.39, 0.29) is 17.6 Å². The predicted octanol–water partition coefficient (Wildman–Crippen LogP) is 2.48. The molecule has 0 saturated carbocycles. The molecular weight excluding hydrogens is 238 g/mol. The molecule has 3 heteroatoms. The number of ketones is 2. The van der Waals surface area contributed by atoms with Crippen molar-refractivity contribution >= 4 is 11.6 Å². The van der Waals surface area contributed by atoms with E-state index in [1.54, 1.807) is 36.4 Å². The second kappa shape index (κ2) is 4.14. The van der Waals surface area contributed by atoms with Crippen LogP contribution in [0.2, 0.25) is 0 Å². The van der Waals surface area contributed by atoms with Crippen molar-refractivity contribution in [3.05, 3.63) is 70.3 Å². The summed E-state index contributed by atoms with van der Waals surface area (Å²) in [6.45, 7) is 1.81. The zero-order valence-electron chi connectivity index (χ0n) is 10.5. The molecule has 0 bridgehead atoms. The molecule has 0 amide bonds. The third kappa shape index (κ3) is 1.63. The summed E-state index contributed by atoms with van der Waals surface area (Å²) in [6, 6.07) is 11.9. The number of rotatable bonds is 1. The summed E-state index contributed by atoms with van der Waals surface area (Å²) in [6.07, 6.45) is 0. The predicted molar refractivity (Wildman–Crippen MR) is 72.4 cm³/mol. The first-order chi connectivity index (χ1) is 9.11. The van der Waals surface area contributed by atoms with Gasteiger partial charge in [-0.25, -0.2) is 0 Å². The molecular formula is C16H13NO2. The largest absolute Gasteiger partial charge is 0.324 e. The van der Waals surface area contributed by atoms with Crippen molar-refractivity contribution in [2.45, 2.75) is 13.0 Å². The first kappa shape index (κ1) is 11.8. The summed E-state index contributed by atoms with van der Waals surface area (Å²) in [4.78, 5) is 25.0. The fraction of sp³-hybridized carbons (Fsp3) is 0.125. The molecule has 2 aromatic rings. The van der Waals surface area contributed by atoms with Crippen molar-refractivity contribution in [3.8, 4) is 0 Å². The molecule has 2 aromatic carbocycles. The summed E-state index contributed by atoms with van der Waals surface area (Å²) in [5.74, 6) is -0.217. The van der Waals surface area contributed by atoms with Gasteiger partial charge in [0, 0.05) is 28.3 Å². The van der Waals surface area contributed by atoms with Gasteiger partial charge in [-0.3, -0.25) is 9.59 Å². The van der Waals surface area contributed by atoms with E-state index in [0.717, 1.165) is 5.56 Å². The second-order valence-corrected chi connectivity index (χ2v) is 4.76. The highest BCUT2D eigenvalue weighted by Gasteiger charge is 2.31. The maximum absolute atomic E-state index is 12.6. The molecule has 19 heavy (non-hydrogen) atoms. The van der Waals surface area contributed by atoms with Gasteiger partial charge in [-0.2, -0.15) is 0 Å². The molecule has 0 saturated heterocycles. The van der Waals surface area contributed by atoms with Gasteiger partial charge in [-0.05, 0) is 12.5 Å². The summed E-state index contributed by atoms with van der Waals surface area (Å²) < 4.78 is 0. The SMILES string of the molecule is CC(N)c1cccc2c1C(=O)c1ccccc1C2=O. The Balaban J connectivity index is 2.33. The number of carbonyl (C=O) groups is 2. The molecule has 0 spiro atoms. The van der Waals surface area contributed by atoms with Crippen LogP contribution in [0.15, 0.2) is 42.5 Å². The highest BCUT2D eigenvalue weighted by atomic mass is 16.1. The topological polar surface area (TPSA) is 60.2 Å². The van der Waals surface area contributed by atoms with Crippen LogP contribution >= 0.6 is 0 Å². The maximum Gasteiger partial charge on any atom is 0.194 e. The first-order valence-corrected chi connectivity index (χ1v) is 6.18. The first-order valence-electron chi connectivity index (χ1n) is 6.18. The number of nitrogens with two attached hydrogens (primary N) is 1. The molecule has 2 N–H and O–H groups in total. The van der Waals surface area contributed by atoms with Crippen LogP contribution in [0.25, 0.3) is 0 Å². The molecule has 0 heterocycles. The second-order valence-electron chi connectivity index (χ2n) is 4.76. The van der Waals surface area contributed by atoms with Gasteiger partial charge in [0.2, 0.25) is 0 Å². The summed E-state index contributed by atoms with van der Waals surface area (Å²) >= 11 is 0. The third-order valence-corrected chi connectivity index (χ3v) is 3.48. The number of hydrogen-bond donors (Lipinski definition) is 1. The highest BCUT2D eigenvalue weighted by molar-refractivity contribution is 6.28. The lowest BCUT2D eigenvalue weighted by Gasteiger charge is -2.21. The molecule has 0 aromatic heterocycles. The van der Waals surface area contributed by atoms with Gasteiger partial charge in [0.05, 0.1) is 0 Å². The van der Waals surface area contributed by atoms with Gasteiger partial charge < -0.3 is 5.73 Å². The molecule has 0 aliphatic heterocycles. The zero-order chi connectivity index (χ0) is 13.6. The fourth-order valence-electron chi connectivity index (χ4n) is 2.55. The summed E-state index contributed by atoms with van der Waals surface area (Å²) in [5, 5.41) is 0. The van der Waals surface area contributed by atoms with E-state index in [9.17, 15) is 9.59 Å². The molecule has 1 aliphatic rings. The minimum atomic E-state index is -0.281. The van der Waals surface area contributed by atoms with Crippen LogP contribution in [0.5, 0.6) is 0 Å². The van der Waals surface area contributed by atoms with Gasteiger partial charge in [0.1, 0.15) is 0 Å². The van der Waals surface area contributed by atoms with E-state index in [1.807, 2.05) is 13.0 Å². The Morgan fingerprint density at radius 3 is 2.05 bits per heavy atom. The number of benzene rings is 2. The molecule has 3 rings (SSSR count). The van der Waals surface area contributed by atoms with Gasteiger partial charge in [0.25, 0.3) is 0 Å². The molecule has 0 radical (unpaired) electrons. The van der Waals surface area contributed by atoms with Crippen molar-refractivity contribution in [3.63, 3.8) is 0 Å². The Bertz CT molecular complexity index is 702. The van der Waals surface area contributed by atoms with E-state index < -0.39 is 0 Å². The van der Waals surface area contributed by atoms with Crippen LogP contribution in [0.3, 0.4) is 0 Å². The minimum Gasteiger partial charge on any atom is -0.324 e. The van der Waals surface area contributed by atoms with Crippen LogP contribution < -0.4 is 5.73 Å². The van der Waals surface area contributed by atoms with Crippen molar-refractivity contribution in [1.29, 1.82) is 0 Å². The molecule has 0 fully saturated rings. The summed E-state index contributed by atoms with van der Waals surface area (Å²) in [5.41, 5.74) is 8.49. The van der Waals surface area contributed by atoms with Crippen molar-refractivity contribution in [2.75, 3.05) is 0 Å². The molecule has 94 valence electrons. The van der Waals surface area contributed by atoms with Crippen LogP contribution in [0.1, 0.15) is 50.4 Å². The number of fused-ring (bicyclic) bond motifs is 2. The Hall–Kier alpha value is -2.26. The lowest BCUT2D eigenvalue weighted by atomic mass is 9.81. The Morgan fingerprint density at radius 1 is 0.842 bits per heavy atom. The Kier molecular flexibility index (Phi) is 2.57. The lowest BCUT2D eigenvalue weighted by molar-refractivity contribution is 0.0978. The third-order valence-electron chi connectivity index (χ3n) is 3.48. The summed E-state index contributed by atoms with van der Waals surface area (Å²) in [7, 11) is 0. The van der Waals surface area contributed by atoms with Crippen LogP contribution in [-0.2, 0) is 0 Å². The van der Waals surface area contributed by atoms with E-state index in [1.165, 1.54) is 0 Å². The molecule has 3 nitrogen and oxygen atoms in total. The van der Waals surface area contributed by atoms with Gasteiger partial charge in [-0.1, -0.05) is 42.5 Å². The van der Waals surface area contributed by atoms with Gasteiger partial charge in [-0.15, -0.1) is 0 Å². The smallest absolute Gasteiger partial charge is 0.194 e.